The molecule has 1 amide bonds. The van der Waals surface area contributed by atoms with E-state index in [1.165, 1.54) is 0 Å². The van der Waals surface area contributed by atoms with Crippen LogP contribution in [0.25, 0.3) is 0 Å². The second-order valence-electron chi connectivity index (χ2n) is 3.83. The number of hydrogen-bond donors (Lipinski definition) is 0. The van der Waals surface area contributed by atoms with Crippen molar-refractivity contribution in [3.05, 3.63) is 0 Å². The summed E-state index contributed by atoms with van der Waals surface area (Å²) in [7, 11) is 0. The molecular weight excluding hydrogens is 190 g/mol. The Balaban J connectivity index is 2.80. The molecule has 0 aromatic rings. The highest BCUT2D eigenvalue weighted by Gasteiger charge is 2.47. The molecule has 0 N–H and O–H groups in total. The van der Waals surface area contributed by atoms with E-state index in [1.54, 1.807) is 19.9 Å². The molecule has 0 aromatic heterocycles. The fraction of sp³-hybridized carbons (Fsp3) is 0.778. The second kappa shape index (κ2) is 3.52. The molecule has 0 aliphatic carbocycles. The molecule has 1 fully saturated rings. The van der Waals surface area contributed by atoms with Crippen LogP contribution in [0.1, 0.15) is 20.3 Å². The van der Waals surface area contributed by atoms with E-state index in [1.807, 2.05) is 0 Å². The summed E-state index contributed by atoms with van der Waals surface area (Å²) in [6.45, 7) is 2.64. The van der Waals surface area contributed by atoms with Gasteiger partial charge < -0.3 is 4.90 Å². The second-order valence-corrected chi connectivity index (χ2v) is 3.83. The molecule has 0 radical (unpaired) electrons. The van der Waals surface area contributed by atoms with E-state index in [4.69, 9.17) is 5.26 Å². The molecule has 1 aliphatic rings. The standard InChI is InChI=1S/C9H12F2N2O/c1-6(2)8(14)13-5-9(10,11)3-7(13)4-12/h6-7H,3,5H2,1-2H3/t7-/m0/s1. The Kier molecular flexibility index (Phi) is 2.74. The lowest BCUT2D eigenvalue weighted by molar-refractivity contribution is -0.135. The van der Waals surface area contributed by atoms with Crippen LogP contribution in [0.15, 0.2) is 0 Å². The van der Waals surface area contributed by atoms with E-state index < -0.39 is 24.9 Å². The van der Waals surface area contributed by atoms with Gasteiger partial charge in [-0.05, 0) is 0 Å². The molecular formula is C9H12F2N2O. The molecule has 1 atom stereocenters. The molecule has 0 saturated carbocycles. The summed E-state index contributed by atoms with van der Waals surface area (Å²) in [5.41, 5.74) is 0. The van der Waals surface area contributed by atoms with E-state index in [0.717, 1.165) is 4.90 Å². The molecule has 1 heterocycles. The Hall–Kier alpha value is -1.18. The SMILES string of the molecule is CC(C)C(=O)N1CC(F)(F)C[C@H]1C#N. The summed E-state index contributed by atoms with van der Waals surface area (Å²) in [5.74, 6) is -3.64. The predicted octanol–water partition coefficient (Wildman–Crippen LogP) is 1.40. The Morgan fingerprint density at radius 2 is 2.21 bits per heavy atom. The van der Waals surface area contributed by atoms with Crippen LogP contribution in [0.5, 0.6) is 0 Å². The number of amides is 1. The van der Waals surface area contributed by atoms with Crippen molar-refractivity contribution in [2.45, 2.75) is 32.2 Å². The van der Waals surface area contributed by atoms with Crippen molar-refractivity contribution in [2.24, 2.45) is 5.92 Å². The molecule has 3 nitrogen and oxygen atoms in total. The average molecular weight is 202 g/mol. The maximum absolute atomic E-state index is 12.9. The number of carbonyl (C=O) groups excluding carboxylic acids is 1. The first-order valence-electron chi connectivity index (χ1n) is 4.45. The molecule has 1 saturated heterocycles. The van der Waals surface area contributed by atoms with Gasteiger partial charge >= 0.3 is 0 Å². The zero-order valence-electron chi connectivity index (χ0n) is 8.13. The Morgan fingerprint density at radius 3 is 2.64 bits per heavy atom. The van der Waals surface area contributed by atoms with E-state index >= 15 is 0 Å². The van der Waals surface area contributed by atoms with Crippen LogP contribution in [0, 0.1) is 17.2 Å². The van der Waals surface area contributed by atoms with Crippen molar-refractivity contribution < 1.29 is 13.6 Å². The first-order valence-corrected chi connectivity index (χ1v) is 4.45. The average Bonchev–Trinajstić information content (AvgIpc) is 2.39. The van der Waals surface area contributed by atoms with Gasteiger partial charge in [0.1, 0.15) is 6.04 Å². The Labute approximate surface area is 81.3 Å². The molecule has 1 rings (SSSR count). The van der Waals surface area contributed by atoms with Crippen LogP contribution in [0.2, 0.25) is 0 Å². The normalized spacial score (nSPS) is 25.1. The molecule has 0 unspecified atom stereocenters. The van der Waals surface area contributed by atoms with Gasteiger partial charge in [0.05, 0.1) is 12.6 Å². The first-order chi connectivity index (χ1) is 6.37. The van der Waals surface area contributed by atoms with Crippen molar-refractivity contribution in [3.63, 3.8) is 0 Å². The highest BCUT2D eigenvalue weighted by atomic mass is 19.3. The molecule has 0 aromatic carbocycles. The van der Waals surface area contributed by atoms with Gasteiger partial charge in [-0.15, -0.1) is 0 Å². The van der Waals surface area contributed by atoms with Gasteiger partial charge in [0.2, 0.25) is 5.91 Å². The van der Waals surface area contributed by atoms with Gasteiger partial charge in [-0.2, -0.15) is 5.26 Å². The monoisotopic (exact) mass is 202 g/mol. The third-order valence-electron chi connectivity index (χ3n) is 2.20. The van der Waals surface area contributed by atoms with Gasteiger partial charge in [0.15, 0.2) is 0 Å². The van der Waals surface area contributed by atoms with Gasteiger partial charge in [-0.1, -0.05) is 13.8 Å². The van der Waals surface area contributed by atoms with E-state index in [2.05, 4.69) is 0 Å². The van der Waals surface area contributed by atoms with Crippen LogP contribution in [-0.4, -0.2) is 29.3 Å². The third kappa shape index (κ3) is 2.00. The number of alkyl halides is 2. The maximum atomic E-state index is 12.9. The highest BCUT2D eigenvalue weighted by Crippen LogP contribution is 2.32. The zero-order chi connectivity index (χ0) is 10.9. The van der Waals surface area contributed by atoms with Crippen LogP contribution < -0.4 is 0 Å². The van der Waals surface area contributed by atoms with Crippen molar-refractivity contribution >= 4 is 5.91 Å². The largest absolute Gasteiger partial charge is 0.320 e. The number of halogens is 2. The number of nitrogens with zero attached hydrogens (tertiary/aromatic N) is 2. The van der Waals surface area contributed by atoms with Crippen LogP contribution in [0.4, 0.5) is 8.78 Å². The lowest BCUT2D eigenvalue weighted by atomic mass is 10.1. The fourth-order valence-electron chi connectivity index (χ4n) is 1.50. The Morgan fingerprint density at radius 1 is 1.64 bits per heavy atom. The predicted molar refractivity (Wildman–Crippen MR) is 45.5 cm³/mol. The topological polar surface area (TPSA) is 44.1 Å². The quantitative estimate of drug-likeness (QED) is 0.645. The maximum Gasteiger partial charge on any atom is 0.268 e. The number of carbonyl (C=O) groups is 1. The lowest BCUT2D eigenvalue weighted by Crippen LogP contribution is -2.38. The minimum atomic E-state index is -2.91. The zero-order valence-corrected chi connectivity index (χ0v) is 8.13. The first kappa shape index (κ1) is 10.9. The molecule has 14 heavy (non-hydrogen) atoms. The van der Waals surface area contributed by atoms with E-state index in [0.29, 0.717) is 0 Å². The summed E-state index contributed by atoms with van der Waals surface area (Å²) in [5, 5.41) is 8.62. The van der Waals surface area contributed by atoms with E-state index in [9.17, 15) is 13.6 Å². The molecule has 0 spiro atoms. The number of rotatable bonds is 1. The van der Waals surface area contributed by atoms with Gasteiger partial charge in [-0.3, -0.25) is 4.79 Å². The van der Waals surface area contributed by atoms with Crippen molar-refractivity contribution in [3.8, 4) is 6.07 Å². The van der Waals surface area contributed by atoms with Gasteiger partial charge in [0, 0.05) is 12.3 Å². The molecule has 1 aliphatic heterocycles. The summed E-state index contributed by atoms with van der Waals surface area (Å²) >= 11 is 0. The molecule has 0 bridgehead atoms. The summed E-state index contributed by atoms with van der Waals surface area (Å²) in [4.78, 5) is 12.4. The number of likely N-dealkylation sites (tertiary alicyclic amines) is 1. The van der Waals surface area contributed by atoms with Crippen molar-refractivity contribution in [1.29, 1.82) is 5.26 Å². The van der Waals surface area contributed by atoms with Crippen LogP contribution in [-0.2, 0) is 4.79 Å². The smallest absolute Gasteiger partial charge is 0.268 e. The minimum absolute atomic E-state index is 0.347. The highest BCUT2D eigenvalue weighted by molar-refractivity contribution is 5.79. The fourth-order valence-corrected chi connectivity index (χ4v) is 1.50. The number of nitriles is 1. The number of hydrogen-bond acceptors (Lipinski definition) is 2. The van der Waals surface area contributed by atoms with Crippen molar-refractivity contribution in [1.82, 2.24) is 4.90 Å². The summed E-state index contributed by atoms with van der Waals surface area (Å²) < 4.78 is 25.8. The Bertz CT molecular complexity index is 283. The minimum Gasteiger partial charge on any atom is -0.320 e. The molecule has 78 valence electrons. The van der Waals surface area contributed by atoms with Crippen LogP contribution in [0.3, 0.4) is 0 Å². The molecule has 5 heteroatoms. The van der Waals surface area contributed by atoms with E-state index in [-0.39, 0.29) is 11.8 Å². The van der Waals surface area contributed by atoms with Gasteiger partial charge in [-0.25, -0.2) is 8.78 Å². The van der Waals surface area contributed by atoms with Crippen LogP contribution >= 0.6 is 0 Å². The van der Waals surface area contributed by atoms with Gasteiger partial charge in [0.25, 0.3) is 5.92 Å². The summed E-state index contributed by atoms with van der Waals surface area (Å²) in [6, 6.07) is 0.758. The lowest BCUT2D eigenvalue weighted by Gasteiger charge is -2.20. The summed E-state index contributed by atoms with van der Waals surface area (Å²) in [6.07, 6.45) is -0.540. The van der Waals surface area contributed by atoms with Crippen molar-refractivity contribution in [2.75, 3.05) is 6.54 Å². The third-order valence-corrected chi connectivity index (χ3v) is 2.20.